The molecule has 4 nitrogen and oxygen atoms in total. The van der Waals surface area contributed by atoms with Crippen molar-refractivity contribution in [3.63, 3.8) is 0 Å². The zero-order valence-corrected chi connectivity index (χ0v) is 15.2. The van der Waals surface area contributed by atoms with Crippen LogP contribution in [-0.4, -0.2) is 48.5 Å². The number of carbonyl (C=O) groups is 1. The molecule has 3 rings (SSSR count). The van der Waals surface area contributed by atoms with E-state index in [1.165, 1.54) is 11.1 Å². The van der Waals surface area contributed by atoms with Crippen molar-refractivity contribution in [1.82, 2.24) is 9.80 Å². The number of nitrogens with zero attached hydrogens (tertiary/aromatic N) is 2. The highest BCUT2D eigenvalue weighted by molar-refractivity contribution is 6.30. The molecule has 1 fully saturated rings. The van der Waals surface area contributed by atoms with Crippen LogP contribution in [0.15, 0.2) is 48.5 Å². The Hall–Kier alpha value is -2.04. The van der Waals surface area contributed by atoms with Gasteiger partial charge in [-0.1, -0.05) is 41.4 Å². The average Bonchev–Trinajstić information content (AvgIpc) is 2.63. The van der Waals surface area contributed by atoms with Gasteiger partial charge in [-0.3, -0.25) is 9.69 Å². The number of carbonyl (C=O) groups excluding carboxylic acids is 1. The van der Waals surface area contributed by atoms with Crippen molar-refractivity contribution < 1.29 is 9.53 Å². The van der Waals surface area contributed by atoms with Crippen molar-refractivity contribution in [2.75, 3.05) is 32.8 Å². The van der Waals surface area contributed by atoms with Gasteiger partial charge < -0.3 is 9.64 Å². The zero-order chi connectivity index (χ0) is 17.6. The Labute approximate surface area is 154 Å². The number of ether oxygens (including phenoxy) is 1. The molecule has 0 atom stereocenters. The highest BCUT2D eigenvalue weighted by Gasteiger charge is 2.21. The maximum absolute atomic E-state index is 12.3. The minimum atomic E-state index is 0.0323. The molecule has 5 heteroatoms. The van der Waals surface area contributed by atoms with Gasteiger partial charge in [-0.25, -0.2) is 0 Å². The first kappa shape index (κ1) is 17.8. The smallest absolute Gasteiger partial charge is 0.260 e. The lowest BCUT2D eigenvalue weighted by atomic mass is 10.1. The van der Waals surface area contributed by atoms with Crippen molar-refractivity contribution in [2.24, 2.45) is 0 Å². The number of aryl methyl sites for hydroxylation is 1. The van der Waals surface area contributed by atoms with E-state index in [1.54, 1.807) is 24.3 Å². The molecule has 25 heavy (non-hydrogen) atoms. The summed E-state index contributed by atoms with van der Waals surface area (Å²) in [5, 5.41) is 0.656. The van der Waals surface area contributed by atoms with Crippen LogP contribution in [0.4, 0.5) is 0 Å². The van der Waals surface area contributed by atoms with E-state index in [9.17, 15) is 4.79 Å². The van der Waals surface area contributed by atoms with Gasteiger partial charge in [0, 0.05) is 37.7 Å². The van der Waals surface area contributed by atoms with Gasteiger partial charge in [0.1, 0.15) is 5.75 Å². The van der Waals surface area contributed by atoms with Gasteiger partial charge in [0.05, 0.1) is 0 Å². The van der Waals surface area contributed by atoms with Gasteiger partial charge in [0.15, 0.2) is 6.61 Å². The Balaban J connectivity index is 1.42. The van der Waals surface area contributed by atoms with E-state index in [4.69, 9.17) is 16.3 Å². The Kier molecular flexibility index (Phi) is 5.95. The van der Waals surface area contributed by atoms with E-state index in [2.05, 4.69) is 36.1 Å². The number of rotatable bonds is 5. The van der Waals surface area contributed by atoms with Crippen LogP contribution in [0.3, 0.4) is 0 Å². The molecule has 1 amide bonds. The Morgan fingerprint density at radius 1 is 1.00 bits per heavy atom. The van der Waals surface area contributed by atoms with Crippen molar-refractivity contribution in [3.05, 3.63) is 64.7 Å². The van der Waals surface area contributed by atoms with Crippen molar-refractivity contribution >= 4 is 17.5 Å². The van der Waals surface area contributed by atoms with E-state index in [1.807, 2.05) is 4.90 Å². The second kappa shape index (κ2) is 8.37. The highest BCUT2D eigenvalue weighted by atomic mass is 35.5. The second-order valence-electron chi connectivity index (χ2n) is 6.39. The van der Waals surface area contributed by atoms with Crippen LogP contribution < -0.4 is 4.74 Å². The summed E-state index contributed by atoms with van der Waals surface area (Å²) in [6.07, 6.45) is 0. The lowest BCUT2D eigenvalue weighted by molar-refractivity contribution is -0.135. The fourth-order valence-corrected chi connectivity index (χ4v) is 3.00. The fourth-order valence-electron chi connectivity index (χ4n) is 2.87. The normalized spacial score (nSPS) is 15.2. The molecule has 0 unspecified atom stereocenters. The van der Waals surface area contributed by atoms with Gasteiger partial charge in [-0.15, -0.1) is 0 Å². The molecular formula is C20H23ClN2O2. The van der Waals surface area contributed by atoms with Gasteiger partial charge in [0.25, 0.3) is 5.91 Å². The van der Waals surface area contributed by atoms with Crippen molar-refractivity contribution in [3.8, 4) is 5.75 Å². The molecule has 1 aliphatic rings. The standard InChI is InChI=1S/C20H23ClN2O2/c1-16-2-4-17(5-3-16)14-22-10-12-23(13-11-22)20(24)15-25-19-8-6-18(21)7-9-19/h2-9H,10-15H2,1H3. The first-order chi connectivity index (χ1) is 12.1. The molecule has 0 saturated carbocycles. The maximum atomic E-state index is 12.3. The predicted octanol–water partition coefficient (Wildman–Crippen LogP) is 3.37. The molecule has 2 aromatic rings. The van der Waals surface area contributed by atoms with Crippen LogP contribution >= 0.6 is 11.6 Å². The SMILES string of the molecule is Cc1ccc(CN2CCN(C(=O)COc3ccc(Cl)cc3)CC2)cc1. The minimum Gasteiger partial charge on any atom is -0.484 e. The summed E-state index contributed by atoms with van der Waals surface area (Å²) in [7, 11) is 0. The third-order valence-corrected chi connectivity index (χ3v) is 4.68. The summed E-state index contributed by atoms with van der Waals surface area (Å²) in [5.74, 6) is 0.695. The van der Waals surface area contributed by atoms with Gasteiger partial charge in [-0.2, -0.15) is 0 Å². The molecule has 1 aliphatic heterocycles. The minimum absolute atomic E-state index is 0.0323. The summed E-state index contributed by atoms with van der Waals surface area (Å²) in [6.45, 7) is 6.37. The van der Waals surface area contributed by atoms with E-state index >= 15 is 0 Å². The Morgan fingerprint density at radius 3 is 2.28 bits per heavy atom. The summed E-state index contributed by atoms with van der Waals surface area (Å²) in [6, 6.07) is 15.7. The Morgan fingerprint density at radius 2 is 1.64 bits per heavy atom. The van der Waals surface area contributed by atoms with Crippen LogP contribution in [0.25, 0.3) is 0 Å². The second-order valence-corrected chi connectivity index (χ2v) is 6.82. The third kappa shape index (κ3) is 5.21. The molecule has 2 aromatic carbocycles. The summed E-state index contributed by atoms with van der Waals surface area (Å²) in [5.41, 5.74) is 2.59. The quantitative estimate of drug-likeness (QED) is 0.821. The number of hydrogen-bond donors (Lipinski definition) is 0. The molecule has 0 N–H and O–H groups in total. The summed E-state index contributed by atoms with van der Waals surface area (Å²) < 4.78 is 5.55. The van der Waals surface area contributed by atoms with E-state index in [0.717, 1.165) is 32.7 Å². The highest BCUT2D eigenvalue weighted by Crippen LogP contribution is 2.16. The predicted molar refractivity (Wildman–Crippen MR) is 100.0 cm³/mol. The Bertz CT molecular complexity index is 693. The molecule has 0 aromatic heterocycles. The summed E-state index contributed by atoms with van der Waals surface area (Å²) >= 11 is 5.84. The average molecular weight is 359 g/mol. The molecule has 0 spiro atoms. The molecule has 132 valence electrons. The third-order valence-electron chi connectivity index (χ3n) is 4.43. The molecule has 0 bridgehead atoms. The van der Waals surface area contributed by atoms with Gasteiger partial charge in [0.2, 0.25) is 0 Å². The molecule has 0 aliphatic carbocycles. The van der Waals surface area contributed by atoms with Crippen LogP contribution in [0.2, 0.25) is 5.02 Å². The number of piperazine rings is 1. The summed E-state index contributed by atoms with van der Waals surface area (Å²) in [4.78, 5) is 16.6. The number of halogens is 1. The number of benzene rings is 2. The van der Waals surface area contributed by atoms with Crippen molar-refractivity contribution in [2.45, 2.75) is 13.5 Å². The topological polar surface area (TPSA) is 32.8 Å². The van der Waals surface area contributed by atoms with Crippen molar-refractivity contribution in [1.29, 1.82) is 0 Å². The van der Waals surface area contributed by atoms with E-state index < -0.39 is 0 Å². The van der Waals surface area contributed by atoms with Crippen LogP contribution in [0, 0.1) is 6.92 Å². The van der Waals surface area contributed by atoms with E-state index in [0.29, 0.717) is 10.8 Å². The molecule has 0 radical (unpaired) electrons. The number of amides is 1. The molecular weight excluding hydrogens is 336 g/mol. The number of hydrogen-bond acceptors (Lipinski definition) is 3. The zero-order valence-electron chi connectivity index (χ0n) is 14.5. The monoisotopic (exact) mass is 358 g/mol. The first-order valence-electron chi connectivity index (χ1n) is 8.54. The van der Waals surface area contributed by atoms with Crippen LogP contribution in [0.5, 0.6) is 5.75 Å². The van der Waals surface area contributed by atoms with Crippen LogP contribution in [-0.2, 0) is 11.3 Å². The van der Waals surface area contributed by atoms with Crippen LogP contribution in [0.1, 0.15) is 11.1 Å². The largest absolute Gasteiger partial charge is 0.484 e. The maximum Gasteiger partial charge on any atom is 0.260 e. The first-order valence-corrected chi connectivity index (χ1v) is 8.92. The molecule has 1 saturated heterocycles. The van der Waals surface area contributed by atoms with E-state index in [-0.39, 0.29) is 12.5 Å². The molecule has 1 heterocycles. The van der Waals surface area contributed by atoms with Gasteiger partial charge in [-0.05, 0) is 36.8 Å². The lowest BCUT2D eigenvalue weighted by Gasteiger charge is -2.34. The van der Waals surface area contributed by atoms with Gasteiger partial charge >= 0.3 is 0 Å². The fraction of sp³-hybridized carbons (Fsp3) is 0.350. The lowest BCUT2D eigenvalue weighted by Crippen LogP contribution is -2.49.